The molecule has 106 valence electrons. The number of carbonyl (C=O) groups is 1. The fraction of sp³-hybridized carbons (Fsp3) is 0.231. The first-order chi connectivity index (χ1) is 9.42. The van der Waals surface area contributed by atoms with Gasteiger partial charge in [-0.05, 0) is 6.92 Å². The third-order valence-electron chi connectivity index (χ3n) is 2.68. The molecule has 0 amide bonds. The second-order valence-corrected chi connectivity index (χ2v) is 4.21. The van der Waals surface area contributed by atoms with Crippen molar-refractivity contribution in [2.24, 2.45) is 7.05 Å². The number of benzene rings is 1. The number of halogens is 1. The maximum atomic E-state index is 13.8. The molecular formula is C13H14FN3O3. The summed E-state index contributed by atoms with van der Waals surface area (Å²) in [6.45, 7) is 1.78. The summed E-state index contributed by atoms with van der Waals surface area (Å²) >= 11 is 0. The van der Waals surface area contributed by atoms with Crippen molar-refractivity contribution in [1.29, 1.82) is 0 Å². The molecule has 0 radical (unpaired) electrons. The van der Waals surface area contributed by atoms with Gasteiger partial charge in [0.25, 0.3) is 0 Å². The number of anilines is 1. The zero-order valence-electron chi connectivity index (χ0n) is 11.3. The van der Waals surface area contributed by atoms with Gasteiger partial charge in [0, 0.05) is 30.9 Å². The molecule has 0 aliphatic carbocycles. The number of nitrogens with zero attached hydrogens (tertiary/aromatic N) is 2. The zero-order chi connectivity index (χ0) is 14.9. The van der Waals surface area contributed by atoms with Crippen molar-refractivity contribution in [3.05, 3.63) is 35.3 Å². The molecule has 20 heavy (non-hydrogen) atoms. The summed E-state index contributed by atoms with van der Waals surface area (Å²) in [5.74, 6) is -1.10. The number of hydrogen-bond acceptors (Lipinski definition) is 5. The van der Waals surface area contributed by atoms with Crippen molar-refractivity contribution < 1.29 is 18.7 Å². The fourth-order valence-corrected chi connectivity index (χ4v) is 1.73. The molecular weight excluding hydrogens is 265 g/mol. The van der Waals surface area contributed by atoms with Crippen molar-refractivity contribution in [3.63, 3.8) is 0 Å². The van der Waals surface area contributed by atoms with E-state index in [0.717, 1.165) is 11.8 Å². The van der Waals surface area contributed by atoms with Gasteiger partial charge in [0.2, 0.25) is 5.88 Å². The summed E-state index contributed by atoms with van der Waals surface area (Å²) in [4.78, 5) is 11.5. The van der Waals surface area contributed by atoms with E-state index in [0.29, 0.717) is 5.88 Å². The average Bonchev–Trinajstić information content (AvgIpc) is 2.70. The highest BCUT2D eigenvalue weighted by Crippen LogP contribution is 2.29. The molecule has 7 heteroatoms. The van der Waals surface area contributed by atoms with Gasteiger partial charge in [-0.15, -0.1) is 0 Å². The third kappa shape index (κ3) is 2.56. The van der Waals surface area contributed by atoms with Gasteiger partial charge in [-0.25, -0.2) is 13.9 Å². The van der Waals surface area contributed by atoms with Gasteiger partial charge in [0.1, 0.15) is 0 Å². The number of esters is 1. The molecule has 1 heterocycles. The molecule has 0 aliphatic heterocycles. The monoisotopic (exact) mass is 279 g/mol. The Morgan fingerprint density at radius 1 is 1.40 bits per heavy atom. The summed E-state index contributed by atoms with van der Waals surface area (Å²) in [5, 5.41) is 4.08. The van der Waals surface area contributed by atoms with E-state index in [9.17, 15) is 9.18 Å². The predicted molar refractivity (Wildman–Crippen MR) is 70.2 cm³/mol. The third-order valence-corrected chi connectivity index (χ3v) is 2.68. The molecule has 0 fully saturated rings. The molecule has 2 rings (SSSR count). The highest BCUT2D eigenvalue weighted by Gasteiger charge is 2.17. The van der Waals surface area contributed by atoms with Gasteiger partial charge in [0.15, 0.2) is 11.6 Å². The van der Waals surface area contributed by atoms with Crippen LogP contribution >= 0.6 is 0 Å². The minimum Gasteiger partial charge on any atom is -0.465 e. The van der Waals surface area contributed by atoms with Crippen molar-refractivity contribution in [3.8, 4) is 11.6 Å². The van der Waals surface area contributed by atoms with E-state index in [4.69, 9.17) is 10.5 Å². The van der Waals surface area contributed by atoms with Crippen LogP contribution in [0.1, 0.15) is 16.1 Å². The predicted octanol–water partition coefficient (Wildman–Crippen LogP) is 2.03. The fourth-order valence-electron chi connectivity index (χ4n) is 1.73. The van der Waals surface area contributed by atoms with Crippen LogP contribution in [0.3, 0.4) is 0 Å². The van der Waals surface area contributed by atoms with E-state index >= 15 is 0 Å². The van der Waals surface area contributed by atoms with Crippen LogP contribution in [0.4, 0.5) is 10.1 Å². The molecule has 2 N–H and O–H groups in total. The van der Waals surface area contributed by atoms with E-state index in [1.54, 1.807) is 20.0 Å². The average molecular weight is 279 g/mol. The Morgan fingerprint density at radius 3 is 2.65 bits per heavy atom. The second kappa shape index (κ2) is 5.20. The zero-order valence-corrected chi connectivity index (χ0v) is 11.3. The number of hydrogen-bond donors (Lipinski definition) is 1. The van der Waals surface area contributed by atoms with E-state index in [1.807, 2.05) is 0 Å². The minimum absolute atomic E-state index is 0.0112. The van der Waals surface area contributed by atoms with Crippen LogP contribution in [0, 0.1) is 12.7 Å². The summed E-state index contributed by atoms with van der Waals surface area (Å²) in [6, 6.07) is 3.87. The largest absolute Gasteiger partial charge is 0.465 e. The summed E-state index contributed by atoms with van der Waals surface area (Å²) in [5.41, 5.74) is 6.34. The molecule has 0 saturated heterocycles. The smallest absolute Gasteiger partial charge is 0.340 e. The van der Waals surface area contributed by atoms with Crippen LogP contribution in [-0.2, 0) is 11.8 Å². The van der Waals surface area contributed by atoms with Gasteiger partial charge < -0.3 is 15.2 Å². The van der Waals surface area contributed by atoms with Crippen LogP contribution in [-0.4, -0.2) is 22.9 Å². The maximum absolute atomic E-state index is 13.8. The van der Waals surface area contributed by atoms with E-state index in [1.165, 1.54) is 17.9 Å². The molecule has 2 aromatic rings. The van der Waals surface area contributed by atoms with Crippen LogP contribution in [0.2, 0.25) is 0 Å². The minimum atomic E-state index is -0.672. The number of aryl methyl sites for hydroxylation is 2. The van der Waals surface area contributed by atoms with Crippen LogP contribution in [0.5, 0.6) is 11.6 Å². The molecule has 0 aliphatic rings. The highest BCUT2D eigenvalue weighted by atomic mass is 19.1. The van der Waals surface area contributed by atoms with Crippen molar-refractivity contribution in [2.45, 2.75) is 6.92 Å². The molecule has 6 nitrogen and oxygen atoms in total. The summed E-state index contributed by atoms with van der Waals surface area (Å²) in [7, 11) is 2.88. The quantitative estimate of drug-likeness (QED) is 0.687. The Kier molecular flexibility index (Phi) is 3.60. The van der Waals surface area contributed by atoms with Crippen molar-refractivity contribution in [1.82, 2.24) is 9.78 Å². The van der Waals surface area contributed by atoms with Crippen LogP contribution in [0.15, 0.2) is 18.2 Å². The first-order valence-corrected chi connectivity index (χ1v) is 5.78. The lowest BCUT2D eigenvalue weighted by Crippen LogP contribution is -2.07. The van der Waals surface area contributed by atoms with Crippen molar-refractivity contribution in [2.75, 3.05) is 12.8 Å². The SMILES string of the molecule is COC(=O)c1cc(Oc2cc(C)nn2C)c(F)cc1N. The summed E-state index contributed by atoms with van der Waals surface area (Å²) < 4.78 is 25.3. The van der Waals surface area contributed by atoms with Gasteiger partial charge in [-0.1, -0.05) is 0 Å². The Bertz CT molecular complexity index is 667. The first kappa shape index (κ1) is 13.9. The Morgan fingerprint density at radius 2 is 2.10 bits per heavy atom. The van der Waals surface area contributed by atoms with E-state index < -0.39 is 11.8 Å². The topological polar surface area (TPSA) is 79.4 Å². The van der Waals surface area contributed by atoms with Crippen LogP contribution in [0.25, 0.3) is 0 Å². The molecule has 0 unspecified atom stereocenters. The lowest BCUT2D eigenvalue weighted by atomic mass is 10.1. The number of aromatic nitrogens is 2. The highest BCUT2D eigenvalue weighted by molar-refractivity contribution is 5.95. The molecule has 0 bridgehead atoms. The lowest BCUT2D eigenvalue weighted by Gasteiger charge is -2.10. The van der Waals surface area contributed by atoms with Gasteiger partial charge in [-0.3, -0.25) is 0 Å². The number of ether oxygens (including phenoxy) is 2. The summed E-state index contributed by atoms with van der Waals surface area (Å²) in [6.07, 6.45) is 0. The lowest BCUT2D eigenvalue weighted by molar-refractivity contribution is 0.0601. The molecule has 0 spiro atoms. The molecule has 0 saturated carbocycles. The number of nitrogen functional groups attached to an aromatic ring is 1. The normalized spacial score (nSPS) is 10.4. The van der Waals surface area contributed by atoms with Crippen LogP contribution < -0.4 is 10.5 Å². The molecule has 0 atom stereocenters. The second-order valence-electron chi connectivity index (χ2n) is 4.21. The number of rotatable bonds is 3. The van der Waals surface area contributed by atoms with E-state index in [-0.39, 0.29) is 17.0 Å². The van der Waals surface area contributed by atoms with Gasteiger partial charge in [0.05, 0.1) is 18.4 Å². The van der Waals surface area contributed by atoms with E-state index in [2.05, 4.69) is 9.84 Å². The Balaban J connectivity index is 2.41. The first-order valence-electron chi connectivity index (χ1n) is 5.78. The molecule has 1 aromatic heterocycles. The Hall–Kier alpha value is -2.57. The maximum Gasteiger partial charge on any atom is 0.340 e. The standard InChI is InChI=1S/C13H14FN3O3/c1-7-4-12(17(2)16-7)20-11-5-8(13(18)19-3)10(15)6-9(11)14/h4-6H,15H2,1-3H3. The van der Waals surface area contributed by atoms with Gasteiger partial charge >= 0.3 is 5.97 Å². The Labute approximate surface area is 114 Å². The molecule has 1 aromatic carbocycles. The number of nitrogens with two attached hydrogens (primary N) is 1. The number of carbonyl (C=O) groups excluding carboxylic acids is 1. The number of methoxy groups -OCH3 is 1. The van der Waals surface area contributed by atoms with Crippen molar-refractivity contribution >= 4 is 11.7 Å². The van der Waals surface area contributed by atoms with Gasteiger partial charge in [-0.2, -0.15) is 5.10 Å².